The summed E-state index contributed by atoms with van der Waals surface area (Å²) in [5.74, 6) is 2.29. The van der Waals surface area contributed by atoms with E-state index in [0.29, 0.717) is 18.5 Å². The van der Waals surface area contributed by atoms with Gasteiger partial charge in [0.05, 0.1) is 6.61 Å². The minimum absolute atomic E-state index is 0.0253. The van der Waals surface area contributed by atoms with Crippen molar-refractivity contribution in [3.05, 3.63) is 11.9 Å². The number of aromatic nitrogens is 2. The first-order valence-corrected chi connectivity index (χ1v) is 8.25. The van der Waals surface area contributed by atoms with Gasteiger partial charge in [0.25, 0.3) is 0 Å². The van der Waals surface area contributed by atoms with Crippen molar-refractivity contribution in [2.45, 2.75) is 64.0 Å². The van der Waals surface area contributed by atoms with Crippen LogP contribution in [0.25, 0.3) is 0 Å². The van der Waals surface area contributed by atoms with Crippen LogP contribution in [0.1, 0.15) is 63.8 Å². The summed E-state index contributed by atoms with van der Waals surface area (Å²) in [6.45, 7) is 3.39. The van der Waals surface area contributed by atoms with Gasteiger partial charge in [-0.2, -0.15) is 4.98 Å². The highest BCUT2D eigenvalue weighted by atomic mass is 16.5. The van der Waals surface area contributed by atoms with E-state index in [1.807, 2.05) is 13.0 Å². The van der Waals surface area contributed by atoms with Crippen LogP contribution in [-0.2, 0) is 4.74 Å². The number of ether oxygens (including phenoxy) is 2. The van der Waals surface area contributed by atoms with Gasteiger partial charge in [-0.05, 0) is 32.6 Å². The van der Waals surface area contributed by atoms with Gasteiger partial charge in [0.15, 0.2) is 5.82 Å². The Hall–Kier alpha value is -1.36. The van der Waals surface area contributed by atoms with Gasteiger partial charge in [-0.15, -0.1) is 0 Å². The van der Waals surface area contributed by atoms with Crippen LogP contribution < -0.4 is 10.1 Å². The summed E-state index contributed by atoms with van der Waals surface area (Å²) >= 11 is 0. The molecule has 2 fully saturated rings. The molecule has 1 atom stereocenters. The van der Waals surface area contributed by atoms with Crippen molar-refractivity contribution in [1.29, 1.82) is 0 Å². The molecule has 0 spiro atoms. The van der Waals surface area contributed by atoms with Gasteiger partial charge in [-0.1, -0.05) is 19.3 Å². The molecule has 3 rings (SSSR count). The van der Waals surface area contributed by atoms with Crippen molar-refractivity contribution in [2.24, 2.45) is 0 Å². The second-order valence-electron chi connectivity index (χ2n) is 5.86. The zero-order valence-electron chi connectivity index (χ0n) is 12.8. The highest BCUT2D eigenvalue weighted by molar-refractivity contribution is 5.40. The molecular weight excluding hydrogens is 266 g/mol. The molecular formula is C16H25N3O2. The van der Waals surface area contributed by atoms with Crippen LogP contribution in [0.5, 0.6) is 5.88 Å². The number of nitrogens with one attached hydrogen (secondary N) is 1. The number of anilines is 1. The number of rotatable bonds is 5. The van der Waals surface area contributed by atoms with Crippen molar-refractivity contribution < 1.29 is 9.47 Å². The molecule has 2 heterocycles. The van der Waals surface area contributed by atoms with E-state index in [2.05, 4.69) is 15.3 Å². The Morgan fingerprint density at radius 3 is 2.76 bits per heavy atom. The average molecular weight is 291 g/mol. The summed E-state index contributed by atoms with van der Waals surface area (Å²) < 4.78 is 11.3. The van der Waals surface area contributed by atoms with E-state index >= 15 is 0 Å². The van der Waals surface area contributed by atoms with Crippen molar-refractivity contribution >= 4 is 5.82 Å². The fraction of sp³-hybridized carbons (Fsp3) is 0.750. The van der Waals surface area contributed by atoms with E-state index in [1.165, 1.54) is 32.1 Å². The predicted octanol–water partition coefficient (Wildman–Crippen LogP) is 3.47. The third-order valence-corrected chi connectivity index (χ3v) is 4.19. The van der Waals surface area contributed by atoms with Crippen LogP contribution in [0.4, 0.5) is 5.82 Å². The van der Waals surface area contributed by atoms with E-state index in [0.717, 1.165) is 31.1 Å². The van der Waals surface area contributed by atoms with Crippen LogP contribution in [0.2, 0.25) is 0 Å². The Morgan fingerprint density at radius 1 is 1.19 bits per heavy atom. The second kappa shape index (κ2) is 7.07. The van der Waals surface area contributed by atoms with E-state index in [9.17, 15) is 0 Å². The molecule has 1 aliphatic heterocycles. The molecule has 1 aliphatic carbocycles. The molecule has 0 amide bonds. The maximum atomic E-state index is 5.71. The highest BCUT2D eigenvalue weighted by Gasteiger charge is 2.23. The molecule has 1 saturated carbocycles. The average Bonchev–Trinajstić information content (AvgIpc) is 3.03. The maximum absolute atomic E-state index is 5.71. The molecule has 1 aromatic rings. The molecule has 0 bridgehead atoms. The van der Waals surface area contributed by atoms with E-state index in [1.54, 1.807) is 0 Å². The summed E-state index contributed by atoms with van der Waals surface area (Å²) in [4.78, 5) is 9.16. The lowest BCUT2D eigenvalue weighted by Crippen LogP contribution is -2.23. The van der Waals surface area contributed by atoms with Crippen LogP contribution in [0.15, 0.2) is 6.07 Å². The predicted molar refractivity (Wildman–Crippen MR) is 81.6 cm³/mol. The Balaban J connectivity index is 1.76. The normalized spacial score (nSPS) is 23.2. The third kappa shape index (κ3) is 3.84. The summed E-state index contributed by atoms with van der Waals surface area (Å²) in [6.07, 6.45) is 8.52. The molecule has 116 valence electrons. The van der Waals surface area contributed by atoms with Gasteiger partial charge in [0.1, 0.15) is 11.9 Å². The van der Waals surface area contributed by atoms with Gasteiger partial charge in [0, 0.05) is 18.7 Å². The van der Waals surface area contributed by atoms with Gasteiger partial charge in [-0.25, -0.2) is 4.98 Å². The van der Waals surface area contributed by atoms with Crippen LogP contribution in [0.3, 0.4) is 0 Å². The molecule has 21 heavy (non-hydrogen) atoms. The lowest BCUT2D eigenvalue weighted by molar-refractivity contribution is 0.104. The van der Waals surface area contributed by atoms with Crippen molar-refractivity contribution in [3.8, 4) is 5.88 Å². The van der Waals surface area contributed by atoms with Gasteiger partial charge >= 0.3 is 0 Å². The number of hydrogen-bond donors (Lipinski definition) is 1. The van der Waals surface area contributed by atoms with E-state index in [4.69, 9.17) is 9.47 Å². The lowest BCUT2D eigenvalue weighted by atomic mass is 9.95. The highest BCUT2D eigenvalue weighted by Crippen LogP contribution is 2.29. The zero-order chi connectivity index (χ0) is 14.5. The summed E-state index contributed by atoms with van der Waals surface area (Å²) in [5.41, 5.74) is 0. The topological polar surface area (TPSA) is 56.3 Å². The molecule has 0 radical (unpaired) electrons. The lowest BCUT2D eigenvalue weighted by Gasteiger charge is -2.24. The van der Waals surface area contributed by atoms with Crippen molar-refractivity contribution in [2.75, 3.05) is 18.5 Å². The Morgan fingerprint density at radius 2 is 2.05 bits per heavy atom. The standard InChI is InChI=1S/C16H25N3O2/c1-2-20-15-11-14(17-12-7-4-3-5-8-12)18-16(19-15)13-9-6-10-21-13/h11-13H,2-10H2,1H3,(H,17,18,19). The number of nitrogens with zero attached hydrogens (tertiary/aromatic N) is 2. The third-order valence-electron chi connectivity index (χ3n) is 4.19. The van der Waals surface area contributed by atoms with E-state index < -0.39 is 0 Å². The van der Waals surface area contributed by atoms with E-state index in [-0.39, 0.29) is 6.10 Å². The van der Waals surface area contributed by atoms with Crippen molar-refractivity contribution in [1.82, 2.24) is 9.97 Å². The van der Waals surface area contributed by atoms with Crippen LogP contribution >= 0.6 is 0 Å². The molecule has 1 saturated heterocycles. The molecule has 2 aliphatic rings. The minimum atomic E-state index is 0.0253. The number of hydrogen-bond acceptors (Lipinski definition) is 5. The summed E-state index contributed by atoms with van der Waals surface area (Å²) in [7, 11) is 0. The van der Waals surface area contributed by atoms with Crippen LogP contribution in [0, 0.1) is 0 Å². The molecule has 1 unspecified atom stereocenters. The summed E-state index contributed by atoms with van der Waals surface area (Å²) in [5, 5.41) is 3.56. The monoisotopic (exact) mass is 291 g/mol. The minimum Gasteiger partial charge on any atom is -0.478 e. The summed E-state index contributed by atoms with van der Waals surface area (Å²) in [6, 6.07) is 2.44. The first-order valence-electron chi connectivity index (χ1n) is 8.25. The molecule has 0 aromatic carbocycles. The quantitative estimate of drug-likeness (QED) is 0.900. The fourth-order valence-corrected chi connectivity index (χ4v) is 3.12. The molecule has 1 aromatic heterocycles. The maximum Gasteiger partial charge on any atom is 0.218 e. The first kappa shape index (κ1) is 14.6. The van der Waals surface area contributed by atoms with Gasteiger partial charge in [0.2, 0.25) is 5.88 Å². The largest absolute Gasteiger partial charge is 0.478 e. The Bertz CT molecular complexity index is 455. The Kier molecular flexibility index (Phi) is 4.91. The molecule has 1 N–H and O–H groups in total. The zero-order valence-corrected chi connectivity index (χ0v) is 12.8. The molecule has 5 heteroatoms. The Labute approximate surface area is 126 Å². The van der Waals surface area contributed by atoms with Crippen molar-refractivity contribution in [3.63, 3.8) is 0 Å². The van der Waals surface area contributed by atoms with Crippen LogP contribution in [-0.4, -0.2) is 29.2 Å². The smallest absolute Gasteiger partial charge is 0.218 e. The van der Waals surface area contributed by atoms with Gasteiger partial charge in [-0.3, -0.25) is 0 Å². The second-order valence-corrected chi connectivity index (χ2v) is 5.86. The SMILES string of the molecule is CCOc1cc(NC2CCCCC2)nc(C2CCCO2)n1. The fourth-order valence-electron chi connectivity index (χ4n) is 3.12. The first-order chi connectivity index (χ1) is 10.3. The molecule has 5 nitrogen and oxygen atoms in total. The van der Waals surface area contributed by atoms with Gasteiger partial charge < -0.3 is 14.8 Å².